The van der Waals surface area contributed by atoms with Crippen LogP contribution in [-0.4, -0.2) is 29.2 Å². The molecule has 0 saturated carbocycles. The molecule has 0 aliphatic heterocycles. The molecule has 1 amide bonds. The summed E-state index contributed by atoms with van der Waals surface area (Å²) in [7, 11) is 0. The Kier molecular flexibility index (Phi) is 7.80. The normalized spacial score (nSPS) is 10.6. The average Bonchev–Trinajstić information content (AvgIpc) is 3.15. The van der Waals surface area contributed by atoms with Crippen molar-refractivity contribution in [3.8, 4) is 11.3 Å². The highest BCUT2D eigenvalue weighted by molar-refractivity contribution is 8.00. The first-order valence-corrected chi connectivity index (χ1v) is 11.2. The second-order valence-electron chi connectivity index (χ2n) is 5.59. The summed E-state index contributed by atoms with van der Waals surface area (Å²) in [6.45, 7) is -0.413. The molecule has 0 radical (unpaired) electrons. The molecule has 3 aromatic rings. The van der Waals surface area contributed by atoms with E-state index in [-0.39, 0.29) is 5.75 Å². The van der Waals surface area contributed by atoms with Crippen LogP contribution in [0.4, 0.5) is 5.13 Å². The molecule has 29 heavy (non-hydrogen) atoms. The fraction of sp³-hybridized carbons (Fsp3) is 0.105. The first-order valence-electron chi connectivity index (χ1n) is 8.16. The molecule has 0 bridgehead atoms. The summed E-state index contributed by atoms with van der Waals surface area (Å²) in [5.74, 6) is -1.03. The molecule has 1 heterocycles. The molecular weight excluding hydrogens is 475 g/mol. The topological polar surface area (TPSA) is 68.3 Å². The molecule has 3 rings (SSSR count). The van der Waals surface area contributed by atoms with Gasteiger partial charge in [-0.3, -0.25) is 14.9 Å². The monoisotopic (exact) mass is 486 g/mol. The smallest absolute Gasteiger partial charge is 0.316 e. The highest BCUT2D eigenvalue weighted by Gasteiger charge is 2.13. The Morgan fingerprint density at radius 1 is 1.10 bits per heavy atom. The fourth-order valence-electron chi connectivity index (χ4n) is 2.19. The number of carbonyl (C=O) groups excluding carboxylic acids is 2. The van der Waals surface area contributed by atoms with Crippen molar-refractivity contribution in [2.45, 2.75) is 4.90 Å². The molecule has 0 aliphatic carbocycles. The standard InChI is InChI=1S/C19H13Cl3N2O3S2/c20-11-5-6-14(22)16(7-11)28-10-18(26)27-8-17(25)24-19-23-15(9-29-19)12-3-1-2-4-13(12)21/h1-7,9H,8,10H2,(H,23,24,25). The van der Waals surface area contributed by atoms with E-state index in [1.54, 1.807) is 29.6 Å². The van der Waals surface area contributed by atoms with Crippen molar-refractivity contribution in [2.24, 2.45) is 0 Å². The number of halogens is 3. The van der Waals surface area contributed by atoms with Gasteiger partial charge < -0.3 is 4.74 Å². The Balaban J connectivity index is 1.47. The first kappa shape index (κ1) is 21.9. The summed E-state index contributed by atoms with van der Waals surface area (Å²) < 4.78 is 4.99. The lowest BCUT2D eigenvalue weighted by molar-refractivity contribution is -0.144. The zero-order valence-corrected chi connectivity index (χ0v) is 18.6. The summed E-state index contributed by atoms with van der Waals surface area (Å²) >= 11 is 20.5. The number of nitrogens with zero attached hydrogens (tertiary/aromatic N) is 1. The van der Waals surface area contributed by atoms with Crippen LogP contribution in [-0.2, 0) is 14.3 Å². The number of benzene rings is 2. The van der Waals surface area contributed by atoms with Gasteiger partial charge in [0.25, 0.3) is 5.91 Å². The van der Waals surface area contributed by atoms with E-state index < -0.39 is 18.5 Å². The van der Waals surface area contributed by atoms with Gasteiger partial charge in [-0.05, 0) is 24.3 Å². The van der Waals surface area contributed by atoms with Gasteiger partial charge in [-0.15, -0.1) is 23.1 Å². The molecule has 0 atom stereocenters. The van der Waals surface area contributed by atoms with Gasteiger partial charge in [0.05, 0.1) is 16.5 Å². The number of nitrogens with one attached hydrogen (secondary N) is 1. The van der Waals surface area contributed by atoms with Crippen LogP contribution >= 0.6 is 57.9 Å². The number of carbonyl (C=O) groups is 2. The van der Waals surface area contributed by atoms with Crippen molar-refractivity contribution in [3.63, 3.8) is 0 Å². The minimum absolute atomic E-state index is 0.00124. The molecule has 0 saturated heterocycles. The van der Waals surface area contributed by atoms with Gasteiger partial charge in [0, 0.05) is 25.9 Å². The number of amides is 1. The van der Waals surface area contributed by atoms with Crippen molar-refractivity contribution in [3.05, 3.63) is 62.9 Å². The number of thioether (sulfide) groups is 1. The number of ether oxygens (including phenoxy) is 1. The van der Waals surface area contributed by atoms with Crippen molar-refractivity contribution in [2.75, 3.05) is 17.7 Å². The van der Waals surface area contributed by atoms with Gasteiger partial charge in [0.15, 0.2) is 11.7 Å². The minimum Gasteiger partial charge on any atom is -0.455 e. The van der Waals surface area contributed by atoms with Crippen LogP contribution in [0.5, 0.6) is 0 Å². The summed E-state index contributed by atoms with van der Waals surface area (Å²) in [6, 6.07) is 12.3. The van der Waals surface area contributed by atoms with Crippen LogP contribution in [0.25, 0.3) is 11.3 Å². The predicted octanol–water partition coefficient (Wildman–Crippen LogP) is 6.04. The van der Waals surface area contributed by atoms with E-state index in [0.717, 1.165) is 5.56 Å². The van der Waals surface area contributed by atoms with E-state index in [2.05, 4.69) is 10.3 Å². The Labute approximate surface area is 190 Å². The maximum Gasteiger partial charge on any atom is 0.316 e. The molecule has 1 N–H and O–H groups in total. The third-order valence-electron chi connectivity index (χ3n) is 3.50. The molecule has 2 aromatic carbocycles. The first-order chi connectivity index (χ1) is 13.9. The van der Waals surface area contributed by atoms with E-state index in [4.69, 9.17) is 39.5 Å². The van der Waals surface area contributed by atoms with Gasteiger partial charge in [-0.2, -0.15) is 0 Å². The highest BCUT2D eigenvalue weighted by atomic mass is 35.5. The molecule has 0 spiro atoms. The second kappa shape index (κ2) is 10.3. The van der Waals surface area contributed by atoms with Gasteiger partial charge in [0.2, 0.25) is 0 Å². The summed E-state index contributed by atoms with van der Waals surface area (Å²) in [5, 5.41) is 6.35. The van der Waals surface area contributed by atoms with Gasteiger partial charge >= 0.3 is 5.97 Å². The SMILES string of the molecule is O=C(COC(=O)CSc1cc(Cl)ccc1Cl)Nc1nc(-c2ccccc2Cl)cs1. The number of rotatable bonds is 7. The third kappa shape index (κ3) is 6.35. The molecule has 0 fully saturated rings. The number of esters is 1. The molecule has 0 unspecified atom stereocenters. The van der Waals surface area contributed by atoms with E-state index in [0.29, 0.717) is 30.8 Å². The Bertz CT molecular complexity index is 1040. The van der Waals surface area contributed by atoms with Crippen LogP contribution < -0.4 is 5.32 Å². The second-order valence-corrected chi connectivity index (χ2v) is 8.72. The Morgan fingerprint density at radius 3 is 2.69 bits per heavy atom. The third-order valence-corrected chi connectivity index (χ3v) is 6.30. The van der Waals surface area contributed by atoms with Crippen LogP contribution in [0.2, 0.25) is 15.1 Å². The molecule has 0 aliphatic rings. The lowest BCUT2D eigenvalue weighted by atomic mass is 10.2. The number of anilines is 1. The molecular formula is C19H13Cl3N2O3S2. The van der Waals surface area contributed by atoms with Crippen molar-refractivity contribution < 1.29 is 14.3 Å². The lowest BCUT2D eigenvalue weighted by Gasteiger charge is -2.06. The predicted molar refractivity (Wildman–Crippen MR) is 119 cm³/mol. The summed E-state index contributed by atoms with van der Waals surface area (Å²) in [5.41, 5.74) is 1.43. The molecule has 150 valence electrons. The van der Waals surface area contributed by atoms with E-state index in [9.17, 15) is 9.59 Å². The number of hydrogen-bond donors (Lipinski definition) is 1. The van der Waals surface area contributed by atoms with Crippen LogP contribution in [0.1, 0.15) is 0 Å². The van der Waals surface area contributed by atoms with Crippen molar-refractivity contribution >= 4 is 74.9 Å². The van der Waals surface area contributed by atoms with Gasteiger partial charge in [0.1, 0.15) is 0 Å². The summed E-state index contributed by atoms with van der Waals surface area (Å²) in [4.78, 5) is 28.9. The van der Waals surface area contributed by atoms with Gasteiger partial charge in [-0.1, -0.05) is 53.0 Å². The highest BCUT2D eigenvalue weighted by Crippen LogP contribution is 2.31. The van der Waals surface area contributed by atoms with Crippen molar-refractivity contribution in [1.29, 1.82) is 0 Å². The quantitative estimate of drug-likeness (QED) is 0.325. The van der Waals surface area contributed by atoms with E-state index >= 15 is 0 Å². The zero-order valence-electron chi connectivity index (χ0n) is 14.7. The van der Waals surface area contributed by atoms with Gasteiger partial charge in [-0.25, -0.2) is 4.98 Å². The lowest BCUT2D eigenvalue weighted by Crippen LogP contribution is -2.21. The van der Waals surface area contributed by atoms with Crippen LogP contribution in [0.15, 0.2) is 52.7 Å². The number of aromatic nitrogens is 1. The number of thiazole rings is 1. The van der Waals surface area contributed by atoms with Crippen LogP contribution in [0, 0.1) is 0 Å². The van der Waals surface area contributed by atoms with Crippen LogP contribution in [0.3, 0.4) is 0 Å². The van der Waals surface area contributed by atoms with E-state index in [1.165, 1.54) is 23.1 Å². The van der Waals surface area contributed by atoms with Crippen molar-refractivity contribution in [1.82, 2.24) is 4.98 Å². The maximum atomic E-state index is 12.0. The Morgan fingerprint density at radius 2 is 1.90 bits per heavy atom. The zero-order chi connectivity index (χ0) is 20.8. The largest absolute Gasteiger partial charge is 0.455 e. The van der Waals surface area contributed by atoms with E-state index in [1.807, 2.05) is 18.2 Å². The maximum absolute atomic E-state index is 12.0. The molecule has 1 aromatic heterocycles. The molecule has 5 nitrogen and oxygen atoms in total. The summed E-state index contributed by atoms with van der Waals surface area (Å²) in [6.07, 6.45) is 0. The Hall–Kier alpha value is -1.77. The number of hydrogen-bond acceptors (Lipinski definition) is 6. The minimum atomic E-state index is -0.544. The average molecular weight is 488 g/mol. The molecule has 10 heteroatoms. The fourth-order valence-corrected chi connectivity index (χ4v) is 4.44.